The Morgan fingerprint density at radius 1 is 1.08 bits per heavy atom. The number of halogens is 2. The van der Waals surface area contributed by atoms with Gasteiger partial charge in [-0.1, -0.05) is 18.2 Å². The molecule has 1 aliphatic rings. The van der Waals surface area contributed by atoms with Gasteiger partial charge in [-0.2, -0.15) is 0 Å². The first kappa shape index (κ1) is 16.6. The Morgan fingerprint density at radius 2 is 1.83 bits per heavy atom. The topological polar surface area (TPSA) is 20.3 Å². The zero-order chi connectivity index (χ0) is 17.1. The van der Waals surface area contributed by atoms with Gasteiger partial charge < -0.3 is 4.90 Å². The number of benzene rings is 2. The molecule has 4 heteroatoms. The summed E-state index contributed by atoms with van der Waals surface area (Å²) in [4.78, 5) is 14.7. The van der Waals surface area contributed by atoms with Gasteiger partial charge in [0.15, 0.2) is 0 Å². The van der Waals surface area contributed by atoms with Crippen molar-refractivity contribution in [1.82, 2.24) is 4.90 Å². The maximum atomic E-state index is 13.4. The minimum Gasteiger partial charge on any atom is -0.333 e. The number of rotatable bonds is 4. The normalized spacial score (nSPS) is 20.4. The molecule has 0 N–H and O–H groups in total. The Labute approximate surface area is 141 Å². The van der Waals surface area contributed by atoms with E-state index in [0.717, 1.165) is 31.2 Å². The van der Waals surface area contributed by atoms with Crippen LogP contribution in [0.25, 0.3) is 0 Å². The van der Waals surface area contributed by atoms with Crippen molar-refractivity contribution in [2.75, 3.05) is 0 Å². The smallest absolute Gasteiger partial charge is 0.254 e. The van der Waals surface area contributed by atoms with E-state index in [0.29, 0.717) is 5.56 Å². The molecule has 0 saturated carbocycles. The molecule has 1 saturated heterocycles. The van der Waals surface area contributed by atoms with Crippen molar-refractivity contribution in [2.24, 2.45) is 0 Å². The molecular weight excluding hydrogens is 308 g/mol. The maximum Gasteiger partial charge on any atom is 0.254 e. The van der Waals surface area contributed by atoms with Gasteiger partial charge in [-0.05, 0) is 68.5 Å². The lowest BCUT2D eigenvalue weighted by atomic mass is 10.0. The van der Waals surface area contributed by atoms with Gasteiger partial charge in [-0.3, -0.25) is 4.79 Å². The number of nitrogens with zero attached hydrogens (tertiary/aromatic N) is 1. The predicted molar refractivity (Wildman–Crippen MR) is 89.8 cm³/mol. The van der Waals surface area contributed by atoms with E-state index in [1.165, 1.54) is 24.3 Å². The molecule has 3 rings (SSSR count). The molecule has 2 aromatic rings. The van der Waals surface area contributed by atoms with Crippen molar-refractivity contribution in [2.45, 2.75) is 44.7 Å². The summed E-state index contributed by atoms with van der Waals surface area (Å²) >= 11 is 0. The lowest BCUT2D eigenvalue weighted by Crippen LogP contribution is -2.40. The molecule has 2 aromatic carbocycles. The number of amides is 1. The highest BCUT2D eigenvalue weighted by Gasteiger charge is 2.34. The number of carbonyl (C=O) groups is 1. The summed E-state index contributed by atoms with van der Waals surface area (Å²) in [5.74, 6) is -0.740. The quantitative estimate of drug-likeness (QED) is 0.803. The van der Waals surface area contributed by atoms with Crippen molar-refractivity contribution < 1.29 is 13.6 Å². The van der Waals surface area contributed by atoms with Gasteiger partial charge in [0, 0.05) is 17.6 Å². The third-order valence-corrected chi connectivity index (χ3v) is 4.77. The molecule has 0 bridgehead atoms. The number of aryl methyl sites for hydroxylation is 1. The van der Waals surface area contributed by atoms with Crippen LogP contribution in [0.4, 0.5) is 8.78 Å². The van der Waals surface area contributed by atoms with E-state index in [2.05, 4.69) is 0 Å². The Hall–Kier alpha value is -2.23. The summed E-state index contributed by atoms with van der Waals surface area (Å²) in [6.45, 7) is 2.04. The molecule has 0 aromatic heterocycles. The summed E-state index contributed by atoms with van der Waals surface area (Å²) in [5, 5.41) is 0. The van der Waals surface area contributed by atoms with Gasteiger partial charge >= 0.3 is 0 Å². The molecule has 0 radical (unpaired) electrons. The number of carbonyl (C=O) groups excluding carboxylic acids is 1. The molecule has 0 spiro atoms. The molecular formula is C20H21F2NO. The lowest BCUT2D eigenvalue weighted by molar-refractivity contribution is 0.0672. The molecule has 24 heavy (non-hydrogen) atoms. The minimum atomic E-state index is -0.393. The van der Waals surface area contributed by atoms with E-state index in [9.17, 15) is 13.6 Å². The van der Waals surface area contributed by atoms with Crippen LogP contribution in [0, 0.1) is 11.6 Å². The van der Waals surface area contributed by atoms with E-state index in [1.807, 2.05) is 11.8 Å². The Balaban J connectivity index is 1.70. The third kappa shape index (κ3) is 3.64. The molecule has 1 aliphatic heterocycles. The molecule has 0 unspecified atom stereocenters. The summed E-state index contributed by atoms with van der Waals surface area (Å²) < 4.78 is 26.4. The number of hydrogen-bond acceptors (Lipinski definition) is 1. The molecule has 1 heterocycles. The van der Waals surface area contributed by atoms with Crippen molar-refractivity contribution in [3.05, 3.63) is 71.3 Å². The average Bonchev–Trinajstić information content (AvgIpc) is 2.94. The second kappa shape index (κ2) is 7.12. The Kier molecular flexibility index (Phi) is 4.93. The average molecular weight is 329 g/mol. The molecule has 0 aliphatic carbocycles. The first-order chi connectivity index (χ1) is 11.5. The van der Waals surface area contributed by atoms with Crippen molar-refractivity contribution >= 4 is 5.91 Å². The van der Waals surface area contributed by atoms with E-state index in [4.69, 9.17) is 0 Å². The van der Waals surface area contributed by atoms with Crippen molar-refractivity contribution in [3.8, 4) is 0 Å². The van der Waals surface area contributed by atoms with Crippen LogP contribution in [-0.4, -0.2) is 22.9 Å². The minimum absolute atomic E-state index is 0.108. The number of likely N-dealkylation sites (tertiary alicyclic amines) is 1. The monoisotopic (exact) mass is 329 g/mol. The fraction of sp³-hybridized carbons (Fsp3) is 0.350. The lowest BCUT2D eigenvalue weighted by Gasteiger charge is -2.29. The van der Waals surface area contributed by atoms with Gasteiger partial charge in [0.2, 0.25) is 0 Å². The maximum absolute atomic E-state index is 13.4. The second-order valence-corrected chi connectivity index (χ2v) is 6.47. The van der Waals surface area contributed by atoms with Crippen LogP contribution in [0.3, 0.4) is 0 Å². The summed E-state index contributed by atoms with van der Waals surface area (Å²) in [7, 11) is 0. The third-order valence-electron chi connectivity index (χ3n) is 4.77. The highest BCUT2D eigenvalue weighted by atomic mass is 19.1. The van der Waals surface area contributed by atoms with Gasteiger partial charge in [0.1, 0.15) is 11.6 Å². The molecule has 126 valence electrons. The molecule has 1 amide bonds. The first-order valence-electron chi connectivity index (χ1n) is 8.37. The number of hydrogen-bond donors (Lipinski definition) is 0. The summed E-state index contributed by atoms with van der Waals surface area (Å²) in [6, 6.07) is 12.6. The zero-order valence-electron chi connectivity index (χ0n) is 13.7. The first-order valence-corrected chi connectivity index (χ1v) is 8.37. The van der Waals surface area contributed by atoms with E-state index < -0.39 is 5.82 Å². The standard InChI is InChI=1S/C20H21F2NO/c1-14-5-11-19(12-8-15-6-9-17(21)10-7-15)23(14)20(24)16-3-2-4-18(22)13-16/h2-4,6-7,9-10,13-14,19H,5,8,11-12H2,1H3/t14-,19-/m1/s1. The van der Waals surface area contributed by atoms with Gasteiger partial charge in [0.25, 0.3) is 5.91 Å². The fourth-order valence-corrected chi connectivity index (χ4v) is 3.48. The van der Waals surface area contributed by atoms with Crippen LogP contribution in [0.5, 0.6) is 0 Å². The van der Waals surface area contributed by atoms with Crippen LogP contribution < -0.4 is 0 Å². The van der Waals surface area contributed by atoms with E-state index >= 15 is 0 Å². The van der Waals surface area contributed by atoms with E-state index in [1.54, 1.807) is 24.3 Å². The second-order valence-electron chi connectivity index (χ2n) is 6.47. The Morgan fingerprint density at radius 3 is 2.54 bits per heavy atom. The molecule has 2 atom stereocenters. The molecule has 1 fully saturated rings. The highest BCUT2D eigenvalue weighted by Crippen LogP contribution is 2.29. The predicted octanol–water partition coefficient (Wildman–Crippen LogP) is 4.59. The summed E-state index contributed by atoms with van der Waals surface area (Å²) in [5.41, 5.74) is 1.46. The van der Waals surface area contributed by atoms with Crippen LogP contribution in [-0.2, 0) is 6.42 Å². The largest absolute Gasteiger partial charge is 0.333 e. The molecule has 2 nitrogen and oxygen atoms in total. The van der Waals surface area contributed by atoms with Crippen LogP contribution >= 0.6 is 0 Å². The van der Waals surface area contributed by atoms with Crippen LogP contribution in [0.1, 0.15) is 42.1 Å². The van der Waals surface area contributed by atoms with Crippen LogP contribution in [0.15, 0.2) is 48.5 Å². The zero-order valence-corrected chi connectivity index (χ0v) is 13.7. The fourth-order valence-electron chi connectivity index (χ4n) is 3.48. The SMILES string of the molecule is C[C@@H]1CC[C@H](CCc2ccc(F)cc2)N1C(=O)c1cccc(F)c1. The van der Waals surface area contributed by atoms with Crippen molar-refractivity contribution in [1.29, 1.82) is 0 Å². The van der Waals surface area contributed by atoms with Crippen molar-refractivity contribution in [3.63, 3.8) is 0 Å². The Bertz CT molecular complexity index is 714. The van der Waals surface area contributed by atoms with Gasteiger partial charge in [0.05, 0.1) is 0 Å². The summed E-state index contributed by atoms with van der Waals surface area (Å²) in [6.07, 6.45) is 3.53. The van der Waals surface area contributed by atoms with Crippen LogP contribution in [0.2, 0.25) is 0 Å². The van der Waals surface area contributed by atoms with E-state index in [-0.39, 0.29) is 23.8 Å². The van der Waals surface area contributed by atoms with Gasteiger partial charge in [-0.15, -0.1) is 0 Å². The highest BCUT2D eigenvalue weighted by molar-refractivity contribution is 5.94. The van der Waals surface area contributed by atoms with Gasteiger partial charge in [-0.25, -0.2) is 8.78 Å².